The Morgan fingerprint density at radius 3 is 3.06 bits per heavy atom. The Morgan fingerprint density at radius 2 is 2.29 bits per heavy atom. The first kappa shape index (κ1) is 12.1. The molecule has 7 heteroatoms. The van der Waals surface area contributed by atoms with E-state index in [-0.39, 0.29) is 0 Å². The van der Waals surface area contributed by atoms with E-state index in [0.717, 1.165) is 27.5 Å². The Hall–Kier alpha value is -1.34. The first-order valence-electron chi connectivity index (χ1n) is 5.19. The molecule has 0 radical (unpaired) electrons. The molecule has 2 rings (SSSR count). The minimum atomic E-state index is 0.550. The van der Waals surface area contributed by atoms with Crippen molar-refractivity contribution < 1.29 is 0 Å². The van der Waals surface area contributed by atoms with Gasteiger partial charge >= 0.3 is 0 Å². The van der Waals surface area contributed by atoms with Crippen molar-refractivity contribution in [3.05, 3.63) is 23.9 Å². The average molecular weight is 267 g/mol. The van der Waals surface area contributed by atoms with Crippen LogP contribution >= 0.6 is 23.1 Å². The van der Waals surface area contributed by atoms with Gasteiger partial charge in [-0.15, -0.1) is 10.2 Å². The average Bonchev–Trinajstić information content (AvgIpc) is 2.75. The van der Waals surface area contributed by atoms with Crippen molar-refractivity contribution in [1.82, 2.24) is 15.2 Å². The van der Waals surface area contributed by atoms with Crippen molar-refractivity contribution in [3.8, 4) is 0 Å². The summed E-state index contributed by atoms with van der Waals surface area (Å²) in [5.41, 5.74) is 6.57. The van der Waals surface area contributed by atoms with Crippen LogP contribution in [-0.2, 0) is 5.75 Å². The molecule has 90 valence electrons. The summed E-state index contributed by atoms with van der Waals surface area (Å²) in [5, 5.41) is 12.1. The van der Waals surface area contributed by atoms with Gasteiger partial charge in [-0.3, -0.25) is 0 Å². The van der Waals surface area contributed by atoms with E-state index in [2.05, 4.69) is 20.5 Å². The number of nitrogens with two attached hydrogens (primary N) is 1. The van der Waals surface area contributed by atoms with Gasteiger partial charge in [0.25, 0.3) is 0 Å². The van der Waals surface area contributed by atoms with E-state index in [0.29, 0.717) is 5.82 Å². The third-order valence-corrected chi connectivity index (χ3v) is 3.95. The number of rotatable bonds is 5. The topological polar surface area (TPSA) is 76.7 Å². The first-order valence-corrected chi connectivity index (χ1v) is 6.99. The smallest absolute Gasteiger partial charge is 0.206 e. The number of hydrogen-bond donors (Lipinski definition) is 2. The molecule has 0 aromatic carbocycles. The maximum Gasteiger partial charge on any atom is 0.206 e. The van der Waals surface area contributed by atoms with E-state index in [1.54, 1.807) is 29.2 Å². The molecule has 0 saturated heterocycles. The van der Waals surface area contributed by atoms with E-state index in [1.165, 1.54) is 0 Å². The molecule has 0 unspecified atom stereocenters. The molecule has 0 aliphatic rings. The van der Waals surface area contributed by atoms with Crippen LogP contribution in [0.5, 0.6) is 0 Å². The largest absolute Gasteiger partial charge is 0.384 e. The van der Waals surface area contributed by atoms with Gasteiger partial charge in [0.2, 0.25) is 5.13 Å². The second-order valence-electron chi connectivity index (χ2n) is 3.25. The van der Waals surface area contributed by atoms with Crippen molar-refractivity contribution in [2.24, 2.45) is 0 Å². The van der Waals surface area contributed by atoms with Crippen LogP contribution in [0.3, 0.4) is 0 Å². The molecule has 17 heavy (non-hydrogen) atoms. The molecule has 0 aliphatic carbocycles. The van der Waals surface area contributed by atoms with Crippen LogP contribution in [0.25, 0.3) is 0 Å². The molecule has 5 nitrogen and oxygen atoms in total. The molecular formula is C10H13N5S2. The maximum absolute atomic E-state index is 5.62. The van der Waals surface area contributed by atoms with E-state index in [4.69, 9.17) is 5.73 Å². The minimum Gasteiger partial charge on any atom is -0.384 e. The number of thioether (sulfide) groups is 1. The molecule has 0 saturated carbocycles. The fourth-order valence-corrected chi connectivity index (χ4v) is 2.93. The maximum atomic E-state index is 5.62. The summed E-state index contributed by atoms with van der Waals surface area (Å²) in [6.45, 7) is 2.89. The van der Waals surface area contributed by atoms with E-state index >= 15 is 0 Å². The van der Waals surface area contributed by atoms with Gasteiger partial charge in [0.15, 0.2) is 4.34 Å². The SMILES string of the molecule is CCNc1nnc(SCc2cccc(N)n2)s1. The van der Waals surface area contributed by atoms with E-state index in [9.17, 15) is 0 Å². The third-order valence-electron chi connectivity index (χ3n) is 1.91. The molecular weight excluding hydrogens is 254 g/mol. The Labute approximate surface area is 108 Å². The molecule has 3 N–H and O–H groups in total. The van der Waals surface area contributed by atoms with Gasteiger partial charge in [0, 0.05) is 12.3 Å². The normalized spacial score (nSPS) is 10.4. The van der Waals surface area contributed by atoms with Gasteiger partial charge in [0.05, 0.1) is 5.69 Å². The molecule has 0 fully saturated rings. The molecule has 2 aromatic heterocycles. The summed E-state index contributed by atoms with van der Waals surface area (Å²) in [6.07, 6.45) is 0. The number of anilines is 2. The quantitative estimate of drug-likeness (QED) is 0.809. The highest BCUT2D eigenvalue weighted by molar-refractivity contribution is 8.00. The van der Waals surface area contributed by atoms with Crippen molar-refractivity contribution in [2.75, 3.05) is 17.6 Å². The minimum absolute atomic E-state index is 0.550. The summed E-state index contributed by atoms with van der Waals surface area (Å²) in [4.78, 5) is 4.23. The van der Waals surface area contributed by atoms with Crippen LogP contribution in [-0.4, -0.2) is 21.7 Å². The van der Waals surface area contributed by atoms with E-state index in [1.807, 2.05) is 19.1 Å². The van der Waals surface area contributed by atoms with Crippen molar-refractivity contribution in [2.45, 2.75) is 17.0 Å². The Bertz CT molecular complexity index is 485. The molecule has 2 heterocycles. The Morgan fingerprint density at radius 1 is 1.41 bits per heavy atom. The number of pyridine rings is 1. The molecule has 0 aliphatic heterocycles. The summed E-state index contributed by atoms with van der Waals surface area (Å²) in [5.74, 6) is 1.31. The fraction of sp³-hybridized carbons (Fsp3) is 0.300. The lowest BCUT2D eigenvalue weighted by Crippen LogP contribution is -1.94. The number of nitrogens with one attached hydrogen (secondary N) is 1. The number of nitrogens with zero attached hydrogens (tertiary/aromatic N) is 3. The lowest BCUT2D eigenvalue weighted by atomic mass is 10.4. The molecule has 0 amide bonds. The zero-order valence-electron chi connectivity index (χ0n) is 9.38. The van der Waals surface area contributed by atoms with Crippen LogP contribution < -0.4 is 11.1 Å². The summed E-state index contributed by atoms with van der Waals surface area (Å²) >= 11 is 3.17. The highest BCUT2D eigenvalue weighted by Gasteiger charge is 2.04. The third kappa shape index (κ3) is 3.57. The summed E-state index contributed by atoms with van der Waals surface area (Å²) in [7, 11) is 0. The summed E-state index contributed by atoms with van der Waals surface area (Å²) in [6, 6.07) is 5.64. The molecule has 0 atom stereocenters. The standard InChI is InChI=1S/C10H13N5S2/c1-2-12-9-14-15-10(17-9)16-6-7-4-3-5-8(11)13-7/h3-5H,2,6H2,1H3,(H2,11,13)(H,12,14). The van der Waals surface area contributed by atoms with Gasteiger partial charge in [-0.25, -0.2) is 4.98 Å². The predicted octanol–water partition coefficient (Wildman–Crippen LogP) is 2.24. The lowest BCUT2D eigenvalue weighted by Gasteiger charge is -1.98. The lowest BCUT2D eigenvalue weighted by molar-refractivity contribution is 1.00. The van der Waals surface area contributed by atoms with Crippen molar-refractivity contribution in [3.63, 3.8) is 0 Å². The van der Waals surface area contributed by atoms with Gasteiger partial charge < -0.3 is 11.1 Å². The van der Waals surface area contributed by atoms with Gasteiger partial charge in [-0.2, -0.15) is 0 Å². The first-order chi connectivity index (χ1) is 8.28. The van der Waals surface area contributed by atoms with Crippen molar-refractivity contribution in [1.29, 1.82) is 0 Å². The van der Waals surface area contributed by atoms with Gasteiger partial charge in [-0.05, 0) is 19.1 Å². The predicted molar refractivity (Wildman–Crippen MR) is 72.3 cm³/mol. The number of hydrogen-bond acceptors (Lipinski definition) is 7. The summed E-state index contributed by atoms with van der Waals surface area (Å²) < 4.78 is 0.935. The zero-order valence-corrected chi connectivity index (χ0v) is 11.0. The zero-order chi connectivity index (χ0) is 12.1. The van der Waals surface area contributed by atoms with E-state index < -0.39 is 0 Å². The van der Waals surface area contributed by atoms with Crippen LogP contribution in [0, 0.1) is 0 Å². The Kier molecular flexibility index (Phi) is 4.16. The second-order valence-corrected chi connectivity index (χ2v) is 5.45. The fourth-order valence-electron chi connectivity index (χ4n) is 1.20. The highest BCUT2D eigenvalue weighted by Crippen LogP contribution is 2.27. The van der Waals surface area contributed by atoms with Gasteiger partial charge in [-0.1, -0.05) is 29.2 Å². The van der Waals surface area contributed by atoms with Crippen molar-refractivity contribution >= 4 is 34.0 Å². The number of nitrogen functional groups attached to an aromatic ring is 1. The van der Waals surface area contributed by atoms with Crippen LogP contribution in [0.2, 0.25) is 0 Å². The Balaban J connectivity index is 1.93. The molecule has 0 bridgehead atoms. The monoisotopic (exact) mass is 267 g/mol. The van der Waals surface area contributed by atoms with Gasteiger partial charge in [0.1, 0.15) is 5.82 Å². The molecule has 0 spiro atoms. The van der Waals surface area contributed by atoms with Crippen LogP contribution in [0.15, 0.2) is 22.5 Å². The molecule has 2 aromatic rings. The van der Waals surface area contributed by atoms with Crippen LogP contribution in [0.4, 0.5) is 10.9 Å². The second kappa shape index (κ2) is 5.83. The highest BCUT2D eigenvalue weighted by atomic mass is 32.2. The van der Waals surface area contributed by atoms with Crippen LogP contribution in [0.1, 0.15) is 12.6 Å². The number of aromatic nitrogens is 3.